The number of alkyl halides is 3. The molecule has 0 atom stereocenters. The fourth-order valence-electron chi connectivity index (χ4n) is 2.17. The van der Waals surface area contributed by atoms with Gasteiger partial charge >= 0.3 is 6.18 Å². The minimum Gasteiger partial charge on any atom is -0.389 e. The first-order chi connectivity index (χ1) is 8.84. The highest BCUT2D eigenvalue weighted by molar-refractivity contribution is 7.80. The van der Waals surface area contributed by atoms with Crippen LogP contribution in [0.4, 0.5) is 18.9 Å². The third-order valence-corrected chi connectivity index (χ3v) is 3.45. The number of nitrogens with two attached hydrogens (primary N) is 1. The summed E-state index contributed by atoms with van der Waals surface area (Å²) in [5, 5.41) is 0. The Kier molecular flexibility index (Phi) is 3.71. The molecule has 1 aliphatic carbocycles. The molecule has 0 spiro atoms. The summed E-state index contributed by atoms with van der Waals surface area (Å²) < 4.78 is 38.2. The highest BCUT2D eigenvalue weighted by Gasteiger charge is 2.33. The minimum absolute atomic E-state index is 0.000185. The number of rotatable bonds is 4. The van der Waals surface area contributed by atoms with Crippen molar-refractivity contribution in [3.63, 3.8) is 0 Å². The average Bonchev–Trinajstić information content (AvgIpc) is 3.13. The summed E-state index contributed by atoms with van der Waals surface area (Å²) in [4.78, 5) is 2.06. The van der Waals surface area contributed by atoms with Gasteiger partial charge in [0.2, 0.25) is 0 Å². The Morgan fingerprint density at radius 2 is 2.05 bits per heavy atom. The molecule has 1 fully saturated rings. The SMILES string of the molecule is CCN(c1ccc(C(F)(F)F)cc1C(N)=S)C1CC1. The molecule has 2 N–H and O–H groups in total. The predicted octanol–water partition coefficient (Wildman–Crippen LogP) is 3.33. The molecule has 1 saturated carbocycles. The second kappa shape index (κ2) is 5.00. The van der Waals surface area contributed by atoms with E-state index in [1.807, 2.05) is 6.92 Å². The number of halogens is 3. The van der Waals surface area contributed by atoms with Crippen molar-refractivity contribution in [3.8, 4) is 0 Å². The van der Waals surface area contributed by atoms with Crippen LogP contribution in [0.25, 0.3) is 0 Å². The topological polar surface area (TPSA) is 29.3 Å². The molecular formula is C13H15F3N2S. The van der Waals surface area contributed by atoms with Crippen molar-refractivity contribution < 1.29 is 13.2 Å². The predicted molar refractivity (Wildman–Crippen MR) is 73.4 cm³/mol. The van der Waals surface area contributed by atoms with E-state index in [2.05, 4.69) is 4.90 Å². The fraction of sp³-hybridized carbons (Fsp3) is 0.462. The van der Waals surface area contributed by atoms with Gasteiger partial charge in [0.1, 0.15) is 4.99 Å². The first-order valence-corrected chi connectivity index (χ1v) is 6.53. The summed E-state index contributed by atoms with van der Waals surface area (Å²) in [7, 11) is 0. The van der Waals surface area contributed by atoms with Gasteiger partial charge in [-0.25, -0.2) is 0 Å². The number of thiocarbonyl (C=S) groups is 1. The summed E-state index contributed by atoms with van der Waals surface area (Å²) in [5.41, 5.74) is 5.86. The van der Waals surface area contributed by atoms with Gasteiger partial charge in [0.25, 0.3) is 0 Å². The lowest BCUT2D eigenvalue weighted by molar-refractivity contribution is -0.137. The molecule has 0 saturated heterocycles. The van der Waals surface area contributed by atoms with Crippen LogP contribution in [-0.2, 0) is 6.18 Å². The van der Waals surface area contributed by atoms with E-state index in [-0.39, 0.29) is 4.99 Å². The molecule has 2 nitrogen and oxygen atoms in total. The van der Waals surface area contributed by atoms with Crippen molar-refractivity contribution in [1.82, 2.24) is 0 Å². The first kappa shape index (κ1) is 14.1. The van der Waals surface area contributed by atoms with Gasteiger partial charge in [0.15, 0.2) is 0 Å². The van der Waals surface area contributed by atoms with E-state index in [9.17, 15) is 13.2 Å². The van der Waals surface area contributed by atoms with Crippen LogP contribution in [0.1, 0.15) is 30.9 Å². The smallest absolute Gasteiger partial charge is 0.389 e. The Hall–Kier alpha value is -1.30. The van der Waals surface area contributed by atoms with Crippen LogP contribution in [0.2, 0.25) is 0 Å². The highest BCUT2D eigenvalue weighted by atomic mass is 32.1. The summed E-state index contributed by atoms with van der Waals surface area (Å²) in [6, 6.07) is 4.00. The van der Waals surface area contributed by atoms with Gasteiger partial charge in [0.05, 0.1) is 5.56 Å². The maximum absolute atomic E-state index is 12.7. The molecule has 0 radical (unpaired) electrons. The van der Waals surface area contributed by atoms with Crippen LogP contribution in [-0.4, -0.2) is 17.6 Å². The van der Waals surface area contributed by atoms with Gasteiger partial charge in [0, 0.05) is 23.8 Å². The van der Waals surface area contributed by atoms with Gasteiger partial charge in [-0.05, 0) is 38.0 Å². The van der Waals surface area contributed by atoms with Crippen LogP contribution >= 0.6 is 12.2 Å². The third-order valence-electron chi connectivity index (χ3n) is 3.23. The van der Waals surface area contributed by atoms with E-state index in [0.717, 1.165) is 31.5 Å². The summed E-state index contributed by atoms with van der Waals surface area (Å²) in [6.07, 6.45) is -2.26. The molecule has 0 unspecified atom stereocenters. The Morgan fingerprint density at radius 1 is 1.42 bits per heavy atom. The molecule has 0 bridgehead atoms. The molecule has 6 heteroatoms. The molecule has 0 amide bonds. The van der Waals surface area contributed by atoms with Crippen LogP contribution in [0.15, 0.2) is 18.2 Å². The zero-order valence-corrected chi connectivity index (χ0v) is 11.3. The fourth-order valence-corrected chi connectivity index (χ4v) is 2.34. The molecule has 0 heterocycles. The van der Waals surface area contributed by atoms with E-state index in [0.29, 0.717) is 17.3 Å². The Labute approximate surface area is 115 Å². The number of hydrogen-bond acceptors (Lipinski definition) is 2. The second-order valence-electron chi connectivity index (χ2n) is 4.61. The van der Waals surface area contributed by atoms with E-state index < -0.39 is 11.7 Å². The highest BCUT2D eigenvalue weighted by Crippen LogP contribution is 2.36. The number of benzene rings is 1. The van der Waals surface area contributed by atoms with Gasteiger partial charge in [-0.3, -0.25) is 0 Å². The number of nitrogens with zero attached hydrogens (tertiary/aromatic N) is 1. The van der Waals surface area contributed by atoms with Crippen molar-refractivity contribution in [2.75, 3.05) is 11.4 Å². The molecule has 19 heavy (non-hydrogen) atoms. The maximum Gasteiger partial charge on any atom is 0.416 e. The lowest BCUT2D eigenvalue weighted by Gasteiger charge is -2.26. The summed E-state index contributed by atoms with van der Waals surface area (Å²) in [6.45, 7) is 2.70. The molecule has 0 aromatic heterocycles. The molecule has 0 aliphatic heterocycles. The van der Waals surface area contributed by atoms with Gasteiger partial charge < -0.3 is 10.6 Å². The van der Waals surface area contributed by atoms with Gasteiger partial charge in [-0.15, -0.1) is 0 Å². The Morgan fingerprint density at radius 3 is 2.47 bits per heavy atom. The van der Waals surface area contributed by atoms with Crippen molar-refractivity contribution in [2.45, 2.75) is 32.0 Å². The molecular weight excluding hydrogens is 273 g/mol. The number of anilines is 1. The molecule has 104 valence electrons. The molecule has 1 aliphatic rings. The quantitative estimate of drug-likeness (QED) is 0.862. The summed E-state index contributed by atoms with van der Waals surface area (Å²) >= 11 is 4.89. The number of hydrogen-bond donors (Lipinski definition) is 1. The third kappa shape index (κ3) is 3.00. The van der Waals surface area contributed by atoms with Crippen LogP contribution in [0.5, 0.6) is 0 Å². The average molecular weight is 288 g/mol. The molecule has 1 aromatic rings. The van der Waals surface area contributed by atoms with Crippen LogP contribution in [0, 0.1) is 0 Å². The zero-order chi connectivity index (χ0) is 14.2. The van der Waals surface area contributed by atoms with Crippen LogP contribution < -0.4 is 10.6 Å². The summed E-state index contributed by atoms with van der Waals surface area (Å²) in [5.74, 6) is 0. The second-order valence-corrected chi connectivity index (χ2v) is 5.05. The zero-order valence-electron chi connectivity index (χ0n) is 10.5. The van der Waals surface area contributed by atoms with E-state index in [4.69, 9.17) is 18.0 Å². The first-order valence-electron chi connectivity index (χ1n) is 6.12. The Balaban J connectivity index is 2.46. The van der Waals surface area contributed by atoms with E-state index in [1.165, 1.54) is 6.07 Å². The largest absolute Gasteiger partial charge is 0.416 e. The Bertz CT molecular complexity index is 495. The molecule has 2 rings (SSSR count). The van der Waals surface area contributed by atoms with Crippen molar-refractivity contribution in [1.29, 1.82) is 0 Å². The standard InChI is InChI=1S/C13H15F3N2S/c1-2-18(9-4-5-9)11-6-3-8(13(14,15)16)7-10(11)12(17)19/h3,6-7,9H,2,4-5H2,1H3,(H2,17,19). The monoisotopic (exact) mass is 288 g/mol. The van der Waals surface area contributed by atoms with Gasteiger partial charge in [-0.2, -0.15) is 13.2 Å². The van der Waals surface area contributed by atoms with Crippen molar-refractivity contribution in [2.24, 2.45) is 5.73 Å². The minimum atomic E-state index is -4.38. The van der Waals surface area contributed by atoms with Gasteiger partial charge in [-0.1, -0.05) is 12.2 Å². The molecule has 1 aromatic carbocycles. The van der Waals surface area contributed by atoms with E-state index >= 15 is 0 Å². The maximum atomic E-state index is 12.7. The lowest BCUT2D eigenvalue weighted by atomic mass is 10.1. The van der Waals surface area contributed by atoms with Crippen molar-refractivity contribution >= 4 is 22.9 Å². The van der Waals surface area contributed by atoms with Crippen LogP contribution in [0.3, 0.4) is 0 Å². The van der Waals surface area contributed by atoms with Crippen molar-refractivity contribution in [3.05, 3.63) is 29.3 Å². The lowest BCUT2D eigenvalue weighted by Crippen LogP contribution is -2.28. The van der Waals surface area contributed by atoms with E-state index in [1.54, 1.807) is 0 Å². The normalized spacial score (nSPS) is 15.4.